The fourth-order valence-corrected chi connectivity index (χ4v) is 3.13. The van der Waals surface area contributed by atoms with Crippen molar-refractivity contribution in [2.24, 2.45) is 0 Å². The molecule has 1 atom stereocenters. The largest absolute Gasteiger partial charge is 0.345 e. The highest BCUT2D eigenvalue weighted by atomic mass is 16.2. The molecule has 23 heavy (non-hydrogen) atoms. The normalized spacial score (nSPS) is 17.9. The van der Waals surface area contributed by atoms with E-state index in [1.165, 1.54) is 18.4 Å². The summed E-state index contributed by atoms with van der Waals surface area (Å²) in [6.07, 6.45) is 4.16. The summed E-state index contributed by atoms with van der Waals surface area (Å²) in [6.45, 7) is 4.54. The van der Waals surface area contributed by atoms with E-state index < -0.39 is 0 Å². The molecule has 122 valence electrons. The molecule has 1 aliphatic heterocycles. The first-order chi connectivity index (χ1) is 11.1. The number of amides is 1. The van der Waals surface area contributed by atoms with Crippen molar-refractivity contribution in [2.45, 2.75) is 32.2 Å². The number of aromatic nitrogens is 2. The summed E-state index contributed by atoms with van der Waals surface area (Å²) in [5.41, 5.74) is 3.01. The summed E-state index contributed by atoms with van der Waals surface area (Å²) in [4.78, 5) is 21.8. The molecule has 3 rings (SSSR count). The van der Waals surface area contributed by atoms with E-state index in [0.29, 0.717) is 12.5 Å². The van der Waals surface area contributed by atoms with Gasteiger partial charge >= 0.3 is 0 Å². The monoisotopic (exact) mass is 312 g/mol. The third-order valence-corrected chi connectivity index (χ3v) is 4.39. The molecule has 0 radical (unpaired) electrons. The highest BCUT2D eigenvalue weighted by Crippen LogP contribution is 2.24. The second-order valence-electron chi connectivity index (χ2n) is 6.34. The van der Waals surface area contributed by atoms with Crippen molar-refractivity contribution >= 4 is 5.91 Å². The predicted octanol–water partition coefficient (Wildman–Crippen LogP) is 2.46. The zero-order valence-electron chi connectivity index (χ0n) is 13.8. The maximum absolute atomic E-state index is 12.7. The van der Waals surface area contributed by atoms with Gasteiger partial charge in [0, 0.05) is 31.0 Å². The van der Waals surface area contributed by atoms with E-state index in [1.807, 2.05) is 32.2 Å². The van der Waals surface area contributed by atoms with Gasteiger partial charge in [-0.05, 0) is 49.9 Å². The average Bonchev–Trinajstić information content (AvgIpc) is 3.00. The molecule has 0 saturated carbocycles. The smallest absolute Gasteiger partial charge is 0.254 e. The molecule has 5 nitrogen and oxygen atoms in total. The molecule has 0 spiro atoms. The molecule has 2 N–H and O–H groups in total. The molecule has 1 saturated heterocycles. The Labute approximate surface area is 137 Å². The number of H-pyrrole nitrogens is 1. The van der Waals surface area contributed by atoms with Crippen molar-refractivity contribution in [3.8, 4) is 0 Å². The molecule has 1 aliphatic rings. The number of hydrogen-bond acceptors (Lipinski definition) is 3. The van der Waals surface area contributed by atoms with Gasteiger partial charge in [0.05, 0.1) is 6.54 Å². The standard InChI is InChI=1S/C18H24N4O/c1-13-10-20-17(21-13)12-22(2)18(23)15-6-3-5-14(9-15)16-7-4-8-19-11-16/h3,5-6,9-10,16,19H,4,7-8,11-12H2,1-2H3,(H,20,21). The molecule has 1 unspecified atom stereocenters. The molecule has 1 aromatic carbocycles. The molecule has 1 fully saturated rings. The van der Waals surface area contributed by atoms with Crippen LogP contribution in [-0.4, -0.2) is 40.9 Å². The third kappa shape index (κ3) is 3.79. The van der Waals surface area contributed by atoms with Gasteiger partial charge in [-0.25, -0.2) is 4.98 Å². The van der Waals surface area contributed by atoms with Gasteiger partial charge in [-0.3, -0.25) is 4.79 Å². The minimum Gasteiger partial charge on any atom is -0.345 e. The third-order valence-electron chi connectivity index (χ3n) is 4.39. The molecule has 0 aliphatic carbocycles. The first-order valence-corrected chi connectivity index (χ1v) is 8.20. The number of benzene rings is 1. The van der Waals surface area contributed by atoms with Gasteiger partial charge in [-0.2, -0.15) is 0 Å². The minimum atomic E-state index is 0.0321. The van der Waals surface area contributed by atoms with E-state index in [0.717, 1.165) is 30.2 Å². The summed E-state index contributed by atoms with van der Waals surface area (Å²) < 4.78 is 0. The SMILES string of the molecule is Cc1cnc(CN(C)C(=O)c2cccc(C3CCCNC3)c2)[nH]1. The lowest BCUT2D eigenvalue weighted by Gasteiger charge is -2.24. The van der Waals surface area contributed by atoms with Crippen molar-refractivity contribution in [3.05, 3.63) is 53.1 Å². The quantitative estimate of drug-likeness (QED) is 0.911. The van der Waals surface area contributed by atoms with Gasteiger partial charge in [0.25, 0.3) is 5.91 Å². The first-order valence-electron chi connectivity index (χ1n) is 8.20. The second kappa shape index (κ2) is 6.96. The van der Waals surface area contributed by atoms with Crippen molar-refractivity contribution in [3.63, 3.8) is 0 Å². The number of rotatable bonds is 4. The number of piperidine rings is 1. The van der Waals surface area contributed by atoms with E-state index in [4.69, 9.17) is 0 Å². The van der Waals surface area contributed by atoms with E-state index in [1.54, 1.807) is 11.1 Å². The number of nitrogens with zero attached hydrogens (tertiary/aromatic N) is 2. The van der Waals surface area contributed by atoms with Crippen molar-refractivity contribution in [1.29, 1.82) is 0 Å². The number of aryl methyl sites for hydroxylation is 1. The van der Waals surface area contributed by atoms with Crippen molar-refractivity contribution in [1.82, 2.24) is 20.2 Å². The highest BCUT2D eigenvalue weighted by Gasteiger charge is 2.18. The van der Waals surface area contributed by atoms with Crippen LogP contribution in [0.15, 0.2) is 30.5 Å². The number of nitrogens with one attached hydrogen (secondary N) is 2. The van der Waals surface area contributed by atoms with Crippen LogP contribution in [0.5, 0.6) is 0 Å². The van der Waals surface area contributed by atoms with Gasteiger partial charge in [0.2, 0.25) is 0 Å². The Balaban J connectivity index is 1.71. The summed E-state index contributed by atoms with van der Waals surface area (Å²) in [7, 11) is 1.81. The molecule has 2 aromatic rings. The number of imidazole rings is 1. The molecule has 1 amide bonds. The van der Waals surface area contributed by atoms with Crippen LogP contribution in [0.25, 0.3) is 0 Å². The lowest BCUT2D eigenvalue weighted by Crippen LogP contribution is -2.29. The molecule has 5 heteroatoms. The minimum absolute atomic E-state index is 0.0321. The van der Waals surface area contributed by atoms with Gasteiger partial charge in [0.1, 0.15) is 5.82 Å². The van der Waals surface area contributed by atoms with Gasteiger partial charge < -0.3 is 15.2 Å². The van der Waals surface area contributed by atoms with Crippen LogP contribution in [0, 0.1) is 6.92 Å². The summed E-state index contributed by atoms with van der Waals surface area (Å²) in [5.74, 6) is 1.35. The van der Waals surface area contributed by atoms with Crippen LogP contribution in [-0.2, 0) is 6.54 Å². The molecule has 0 bridgehead atoms. The Morgan fingerprint density at radius 2 is 2.30 bits per heavy atom. The average molecular weight is 312 g/mol. The Morgan fingerprint density at radius 3 is 3.00 bits per heavy atom. The van der Waals surface area contributed by atoms with Gasteiger partial charge in [-0.15, -0.1) is 0 Å². The van der Waals surface area contributed by atoms with E-state index in [-0.39, 0.29) is 5.91 Å². The number of aromatic amines is 1. The van der Waals surface area contributed by atoms with Gasteiger partial charge in [0.15, 0.2) is 0 Å². The van der Waals surface area contributed by atoms with E-state index in [2.05, 4.69) is 21.4 Å². The highest BCUT2D eigenvalue weighted by molar-refractivity contribution is 5.94. The Hall–Kier alpha value is -2.14. The number of carbonyl (C=O) groups is 1. The lowest BCUT2D eigenvalue weighted by molar-refractivity contribution is 0.0781. The van der Waals surface area contributed by atoms with Crippen molar-refractivity contribution in [2.75, 3.05) is 20.1 Å². The zero-order valence-corrected chi connectivity index (χ0v) is 13.8. The molecular weight excluding hydrogens is 288 g/mol. The van der Waals surface area contributed by atoms with Crippen LogP contribution >= 0.6 is 0 Å². The summed E-state index contributed by atoms with van der Waals surface area (Å²) >= 11 is 0. The summed E-state index contributed by atoms with van der Waals surface area (Å²) in [5, 5.41) is 3.43. The maximum atomic E-state index is 12.7. The fraction of sp³-hybridized carbons (Fsp3) is 0.444. The van der Waals surface area contributed by atoms with Crippen LogP contribution in [0.2, 0.25) is 0 Å². The molecular formula is C18H24N4O. The number of hydrogen-bond donors (Lipinski definition) is 2. The molecule has 2 heterocycles. The number of carbonyl (C=O) groups excluding carboxylic acids is 1. The van der Waals surface area contributed by atoms with E-state index in [9.17, 15) is 4.79 Å². The molecule has 1 aromatic heterocycles. The van der Waals surface area contributed by atoms with Crippen LogP contribution in [0.3, 0.4) is 0 Å². The Morgan fingerprint density at radius 1 is 1.43 bits per heavy atom. The first kappa shape index (κ1) is 15.7. The Bertz CT molecular complexity index is 673. The predicted molar refractivity (Wildman–Crippen MR) is 90.4 cm³/mol. The van der Waals surface area contributed by atoms with Crippen LogP contribution in [0.4, 0.5) is 0 Å². The van der Waals surface area contributed by atoms with Crippen LogP contribution < -0.4 is 5.32 Å². The summed E-state index contributed by atoms with van der Waals surface area (Å²) in [6, 6.07) is 8.06. The second-order valence-corrected chi connectivity index (χ2v) is 6.34. The zero-order chi connectivity index (χ0) is 16.2. The topological polar surface area (TPSA) is 61.0 Å². The fourth-order valence-electron chi connectivity index (χ4n) is 3.13. The van der Waals surface area contributed by atoms with Crippen LogP contribution in [0.1, 0.15) is 46.2 Å². The van der Waals surface area contributed by atoms with E-state index >= 15 is 0 Å². The Kier molecular flexibility index (Phi) is 4.76. The maximum Gasteiger partial charge on any atom is 0.254 e. The van der Waals surface area contributed by atoms with Crippen molar-refractivity contribution < 1.29 is 4.79 Å². The van der Waals surface area contributed by atoms with Gasteiger partial charge in [-0.1, -0.05) is 12.1 Å². The lowest BCUT2D eigenvalue weighted by atomic mass is 9.90.